The number of sulfonamides is 1. The highest BCUT2D eigenvalue weighted by Gasteiger charge is 2.17. The van der Waals surface area contributed by atoms with Gasteiger partial charge in [0, 0.05) is 36.1 Å². The van der Waals surface area contributed by atoms with Crippen molar-refractivity contribution in [2.24, 2.45) is 0 Å². The van der Waals surface area contributed by atoms with Crippen molar-refractivity contribution in [3.63, 3.8) is 0 Å². The predicted octanol–water partition coefficient (Wildman–Crippen LogP) is 1.78. The van der Waals surface area contributed by atoms with Gasteiger partial charge in [0.1, 0.15) is 5.69 Å². The Morgan fingerprint density at radius 1 is 1.07 bits per heavy atom. The van der Waals surface area contributed by atoms with Gasteiger partial charge in [-0.2, -0.15) is 0 Å². The fourth-order valence-electron chi connectivity index (χ4n) is 2.50. The molecular weight excluding hydrogens is 372 g/mol. The van der Waals surface area contributed by atoms with Crippen LogP contribution in [0.3, 0.4) is 0 Å². The maximum atomic E-state index is 12.2. The first kappa shape index (κ1) is 18.5. The number of carbonyl (C=O) groups excluding carboxylic acids is 1. The lowest BCUT2D eigenvalue weighted by Gasteiger charge is -2.07. The molecule has 2 aromatic carbocycles. The second-order valence-electron chi connectivity index (χ2n) is 5.68. The van der Waals surface area contributed by atoms with Crippen molar-refractivity contribution in [1.29, 1.82) is 0 Å². The number of benzene rings is 2. The van der Waals surface area contributed by atoms with Crippen molar-refractivity contribution < 1.29 is 18.1 Å². The van der Waals surface area contributed by atoms with E-state index >= 15 is 0 Å². The first-order chi connectivity index (χ1) is 12.9. The van der Waals surface area contributed by atoms with Gasteiger partial charge < -0.3 is 10.3 Å². The van der Waals surface area contributed by atoms with E-state index in [4.69, 9.17) is 0 Å². The van der Waals surface area contributed by atoms with E-state index in [0.717, 1.165) is 17.0 Å². The minimum atomic E-state index is -3.91. The van der Waals surface area contributed by atoms with E-state index in [-0.39, 0.29) is 29.6 Å². The molecule has 3 aromatic rings. The summed E-state index contributed by atoms with van der Waals surface area (Å²) in [4.78, 5) is 25.0. The van der Waals surface area contributed by atoms with Gasteiger partial charge in [-0.25, -0.2) is 13.1 Å². The zero-order valence-corrected chi connectivity index (χ0v) is 14.8. The number of hydrogen-bond acceptors (Lipinski definition) is 5. The average Bonchev–Trinajstić information content (AvgIpc) is 3.09. The van der Waals surface area contributed by atoms with Gasteiger partial charge in [0.15, 0.2) is 0 Å². The van der Waals surface area contributed by atoms with Crippen LogP contribution >= 0.6 is 0 Å². The molecule has 9 nitrogen and oxygen atoms in total. The summed E-state index contributed by atoms with van der Waals surface area (Å²) in [6.07, 6.45) is 0. The van der Waals surface area contributed by atoms with E-state index in [1.165, 1.54) is 18.2 Å². The molecule has 0 aliphatic carbocycles. The van der Waals surface area contributed by atoms with Gasteiger partial charge in [0.25, 0.3) is 11.6 Å². The van der Waals surface area contributed by atoms with Gasteiger partial charge in [-0.15, -0.1) is 0 Å². The molecule has 0 atom stereocenters. The van der Waals surface area contributed by atoms with Gasteiger partial charge in [-0.1, -0.05) is 24.3 Å². The number of H-pyrrole nitrogens is 1. The highest BCUT2D eigenvalue weighted by Crippen LogP contribution is 2.17. The second-order valence-corrected chi connectivity index (χ2v) is 7.45. The Morgan fingerprint density at radius 3 is 2.59 bits per heavy atom. The number of amides is 1. The van der Waals surface area contributed by atoms with Gasteiger partial charge in [-0.05, 0) is 18.2 Å². The monoisotopic (exact) mass is 388 g/mol. The second kappa shape index (κ2) is 7.56. The number of nitrogens with zero attached hydrogens (tertiary/aromatic N) is 1. The Bertz CT molecular complexity index is 1070. The first-order valence-corrected chi connectivity index (χ1v) is 9.45. The Labute approximate surface area is 154 Å². The molecule has 1 aromatic heterocycles. The number of non-ortho nitro benzene ring substituents is 1. The predicted molar refractivity (Wildman–Crippen MR) is 98.9 cm³/mol. The standard InChI is InChI=1S/C17H16N4O5S/c22-17(16-10-12-4-1-2-7-15(12)20-16)18-8-9-19-27(25,26)14-6-3-5-13(11-14)21(23)24/h1-7,10-11,19-20H,8-9H2,(H,18,22). The number of nitro groups is 1. The molecule has 0 fully saturated rings. The summed E-state index contributed by atoms with van der Waals surface area (Å²) in [5.74, 6) is -0.360. The highest BCUT2D eigenvalue weighted by molar-refractivity contribution is 7.89. The smallest absolute Gasteiger partial charge is 0.270 e. The molecule has 0 spiro atoms. The van der Waals surface area contributed by atoms with Gasteiger partial charge in [0.05, 0.1) is 9.82 Å². The Morgan fingerprint density at radius 2 is 1.85 bits per heavy atom. The molecule has 3 N–H and O–H groups in total. The number of nitrogens with one attached hydrogen (secondary N) is 3. The summed E-state index contributed by atoms with van der Waals surface area (Å²) in [7, 11) is -3.91. The fraction of sp³-hybridized carbons (Fsp3) is 0.118. The summed E-state index contributed by atoms with van der Waals surface area (Å²) >= 11 is 0. The minimum absolute atomic E-state index is 0.0579. The van der Waals surface area contributed by atoms with Crippen molar-refractivity contribution in [1.82, 2.24) is 15.0 Å². The topological polar surface area (TPSA) is 134 Å². The maximum Gasteiger partial charge on any atom is 0.270 e. The Balaban J connectivity index is 1.56. The lowest BCUT2D eigenvalue weighted by molar-refractivity contribution is -0.385. The Hall–Kier alpha value is -3.24. The van der Waals surface area contributed by atoms with E-state index < -0.39 is 14.9 Å². The van der Waals surface area contributed by atoms with Crippen molar-refractivity contribution in [3.05, 3.63) is 70.4 Å². The molecule has 0 radical (unpaired) electrons. The van der Waals surface area contributed by atoms with Crippen LogP contribution in [0.2, 0.25) is 0 Å². The summed E-state index contributed by atoms with van der Waals surface area (Å²) < 4.78 is 26.7. The van der Waals surface area contributed by atoms with Crippen LogP contribution in [0.15, 0.2) is 59.5 Å². The quantitative estimate of drug-likeness (QED) is 0.322. The molecule has 3 rings (SSSR count). The molecule has 1 amide bonds. The Kier molecular flexibility index (Phi) is 5.19. The fourth-order valence-corrected chi connectivity index (χ4v) is 3.57. The van der Waals surface area contributed by atoms with Crippen molar-refractivity contribution in [2.75, 3.05) is 13.1 Å². The SMILES string of the molecule is O=C(NCCNS(=O)(=O)c1cccc([N+](=O)[O-])c1)c1cc2ccccc2[nH]1. The molecule has 0 saturated carbocycles. The van der Waals surface area contributed by atoms with Gasteiger partial charge in [0.2, 0.25) is 10.0 Å². The normalized spacial score (nSPS) is 11.4. The number of rotatable bonds is 7. The van der Waals surface area contributed by atoms with Crippen LogP contribution in [0.4, 0.5) is 5.69 Å². The first-order valence-electron chi connectivity index (χ1n) is 7.97. The third kappa shape index (κ3) is 4.30. The number of aromatic nitrogens is 1. The molecule has 0 aliphatic rings. The molecule has 140 valence electrons. The third-order valence-electron chi connectivity index (χ3n) is 3.82. The summed E-state index contributed by atoms with van der Waals surface area (Å²) in [6.45, 7) is -0.000646. The number of nitro benzene ring substituents is 1. The molecule has 0 saturated heterocycles. The van der Waals surface area contributed by atoms with E-state index in [1.54, 1.807) is 6.07 Å². The van der Waals surface area contributed by atoms with Gasteiger partial charge >= 0.3 is 0 Å². The van der Waals surface area contributed by atoms with Crippen LogP contribution < -0.4 is 10.0 Å². The lowest BCUT2D eigenvalue weighted by Crippen LogP contribution is -2.34. The summed E-state index contributed by atoms with van der Waals surface area (Å²) in [6, 6.07) is 13.9. The average molecular weight is 388 g/mol. The van der Waals surface area contributed by atoms with Crippen molar-refractivity contribution >= 4 is 32.5 Å². The van der Waals surface area contributed by atoms with Crippen LogP contribution in [0.25, 0.3) is 10.9 Å². The summed E-state index contributed by atoms with van der Waals surface area (Å²) in [5, 5.41) is 14.3. The number of hydrogen-bond donors (Lipinski definition) is 3. The molecule has 0 unspecified atom stereocenters. The largest absolute Gasteiger partial charge is 0.351 e. The zero-order chi connectivity index (χ0) is 19.4. The van der Waals surface area contributed by atoms with Crippen molar-refractivity contribution in [3.8, 4) is 0 Å². The van der Waals surface area contributed by atoms with E-state index in [9.17, 15) is 23.3 Å². The molecular formula is C17H16N4O5S. The number of aromatic amines is 1. The van der Waals surface area contributed by atoms with Crippen LogP contribution in [0.1, 0.15) is 10.5 Å². The lowest BCUT2D eigenvalue weighted by atomic mass is 10.2. The third-order valence-corrected chi connectivity index (χ3v) is 5.27. The summed E-state index contributed by atoms with van der Waals surface area (Å²) in [5.41, 5.74) is 0.886. The van der Waals surface area contributed by atoms with E-state index in [1.807, 2.05) is 24.3 Å². The van der Waals surface area contributed by atoms with Crippen molar-refractivity contribution in [2.45, 2.75) is 4.90 Å². The zero-order valence-electron chi connectivity index (χ0n) is 14.0. The number of carbonyl (C=O) groups is 1. The van der Waals surface area contributed by atoms with Crippen LogP contribution in [0.5, 0.6) is 0 Å². The van der Waals surface area contributed by atoms with Gasteiger partial charge in [-0.3, -0.25) is 14.9 Å². The van der Waals surface area contributed by atoms with Crippen LogP contribution in [0, 0.1) is 10.1 Å². The van der Waals surface area contributed by atoms with E-state index in [2.05, 4.69) is 15.0 Å². The van der Waals surface area contributed by atoms with E-state index in [0.29, 0.717) is 5.69 Å². The van der Waals surface area contributed by atoms with Crippen LogP contribution in [-0.2, 0) is 10.0 Å². The maximum absolute atomic E-state index is 12.2. The molecule has 0 aliphatic heterocycles. The van der Waals surface area contributed by atoms with Crippen LogP contribution in [-0.4, -0.2) is 37.3 Å². The molecule has 10 heteroatoms. The molecule has 27 heavy (non-hydrogen) atoms. The number of para-hydroxylation sites is 1. The minimum Gasteiger partial charge on any atom is -0.351 e. The number of fused-ring (bicyclic) bond motifs is 1. The molecule has 1 heterocycles. The highest BCUT2D eigenvalue weighted by atomic mass is 32.2. The molecule has 0 bridgehead atoms.